The minimum Gasteiger partial charge on any atom is -0.322 e. The summed E-state index contributed by atoms with van der Waals surface area (Å²) in [4.78, 5) is 11.0. The smallest absolute Gasteiger partial charge is 0.322 e. The first-order chi connectivity index (χ1) is 15.4. The fourth-order valence-electron chi connectivity index (χ4n) is 3.12. The SMILES string of the molecule is CCOP(=O)(OCC)C(F)(F)c1sc2ccc(C(=O)Nc3ccccc3)cc2c1C(F)(F)F. The Morgan fingerprint density at radius 1 is 1.00 bits per heavy atom. The van der Waals surface area contributed by atoms with Crippen LogP contribution in [0.4, 0.5) is 27.6 Å². The average molecular weight is 507 g/mol. The minimum atomic E-state index is -5.27. The second-order valence-corrected chi connectivity index (χ2v) is 9.83. The highest BCUT2D eigenvalue weighted by Gasteiger charge is 2.59. The molecular formula is C21H19F5NO4PS. The van der Waals surface area contributed by atoms with Gasteiger partial charge in [-0.3, -0.25) is 9.36 Å². The highest BCUT2D eigenvalue weighted by atomic mass is 32.1. The molecule has 0 aliphatic heterocycles. The predicted molar refractivity (Wildman–Crippen MR) is 116 cm³/mol. The zero-order valence-electron chi connectivity index (χ0n) is 17.4. The van der Waals surface area contributed by atoms with Crippen molar-refractivity contribution in [1.82, 2.24) is 0 Å². The molecule has 1 heterocycles. The second kappa shape index (κ2) is 9.50. The molecule has 1 N–H and O–H groups in total. The van der Waals surface area contributed by atoms with Gasteiger partial charge in [0.1, 0.15) is 0 Å². The number of nitrogens with one attached hydrogen (secondary N) is 1. The van der Waals surface area contributed by atoms with E-state index in [-0.39, 0.29) is 21.6 Å². The molecule has 0 saturated carbocycles. The molecule has 1 amide bonds. The highest BCUT2D eigenvalue weighted by Crippen LogP contribution is 2.69. The molecule has 33 heavy (non-hydrogen) atoms. The number of hydrogen-bond acceptors (Lipinski definition) is 5. The van der Waals surface area contributed by atoms with Crippen LogP contribution >= 0.6 is 18.9 Å². The number of carbonyl (C=O) groups is 1. The third kappa shape index (κ3) is 4.96. The summed E-state index contributed by atoms with van der Waals surface area (Å²) in [5.41, 5.74) is -6.01. The molecular weight excluding hydrogens is 488 g/mol. The van der Waals surface area contributed by atoms with Crippen LogP contribution < -0.4 is 5.32 Å². The maximum absolute atomic E-state index is 15.3. The summed E-state index contributed by atoms with van der Waals surface area (Å²) in [7, 11) is -5.27. The van der Waals surface area contributed by atoms with Crippen molar-refractivity contribution < 1.29 is 40.4 Å². The van der Waals surface area contributed by atoms with Gasteiger partial charge in [0.25, 0.3) is 5.91 Å². The van der Waals surface area contributed by atoms with Crippen molar-refractivity contribution in [2.24, 2.45) is 0 Å². The van der Waals surface area contributed by atoms with Crippen LogP contribution in [0.15, 0.2) is 48.5 Å². The van der Waals surface area contributed by atoms with Crippen molar-refractivity contribution in [1.29, 1.82) is 0 Å². The first-order valence-electron chi connectivity index (χ1n) is 9.72. The zero-order valence-corrected chi connectivity index (χ0v) is 19.1. The van der Waals surface area contributed by atoms with Crippen molar-refractivity contribution in [3.63, 3.8) is 0 Å². The van der Waals surface area contributed by atoms with Crippen molar-refractivity contribution in [3.05, 3.63) is 64.5 Å². The Hall–Kier alpha value is -2.33. The summed E-state index contributed by atoms with van der Waals surface area (Å²) >= 11 is 0.127. The van der Waals surface area contributed by atoms with Gasteiger partial charge in [0.15, 0.2) is 0 Å². The van der Waals surface area contributed by atoms with Gasteiger partial charge in [-0.15, -0.1) is 11.3 Å². The van der Waals surface area contributed by atoms with E-state index in [1.54, 1.807) is 30.3 Å². The zero-order chi connectivity index (χ0) is 24.4. The van der Waals surface area contributed by atoms with Gasteiger partial charge in [0.2, 0.25) is 0 Å². The van der Waals surface area contributed by atoms with Crippen LogP contribution in [-0.4, -0.2) is 19.1 Å². The van der Waals surface area contributed by atoms with Crippen LogP contribution in [0.3, 0.4) is 0 Å². The summed E-state index contributed by atoms with van der Waals surface area (Å²) < 4.78 is 94.4. The second-order valence-electron chi connectivity index (χ2n) is 6.71. The van der Waals surface area contributed by atoms with E-state index in [0.29, 0.717) is 5.69 Å². The third-order valence-corrected chi connectivity index (χ3v) is 7.98. The van der Waals surface area contributed by atoms with E-state index in [2.05, 4.69) is 14.4 Å². The van der Waals surface area contributed by atoms with Crippen LogP contribution in [0.2, 0.25) is 0 Å². The van der Waals surface area contributed by atoms with Crippen LogP contribution in [0, 0.1) is 0 Å². The molecule has 178 valence electrons. The average Bonchev–Trinajstić information content (AvgIpc) is 3.15. The summed E-state index contributed by atoms with van der Waals surface area (Å²) in [6.45, 7) is 1.63. The molecule has 0 unspecified atom stereocenters. The molecule has 12 heteroatoms. The molecule has 0 fully saturated rings. The lowest BCUT2D eigenvalue weighted by Crippen LogP contribution is -2.21. The van der Waals surface area contributed by atoms with Crippen molar-refractivity contribution in [2.75, 3.05) is 18.5 Å². The molecule has 0 saturated heterocycles. The molecule has 3 rings (SSSR count). The van der Waals surface area contributed by atoms with E-state index in [4.69, 9.17) is 0 Å². The van der Waals surface area contributed by atoms with Gasteiger partial charge in [-0.05, 0) is 44.2 Å². The van der Waals surface area contributed by atoms with Gasteiger partial charge in [-0.2, -0.15) is 22.0 Å². The number of hydrogen-bond donors (Lipinski definition) is 1. The van der Waals surface area contributed by atoms with Gasteiger partial charge in [0.05, 0.1) is 23.7 Å². The molecule has 0 radical (unpaired) electrons. The lowest BCUT2D eigenvalue weighted by atomic mass is 10.1. The van der Waals surface area contributed by atoms with E-state index < -0.39 is 54.4 Å². The number of rotatable bonds is 8. The Labute approximate surface area is 190 Å². The van der Waals surface area contributed by atoms with Gasteiger partial charge < -0.3 is 14.4 Å². The summed E-state index contributed by atoms with van der Waals surface area (Å²) in [6, 6.07) is 11.4. The number of carbonyl (C=O) groups excluding carboxylic acids is 1. The largest absolute Gasteiger partial charge is 0.418 e. The van der Waals surface area contributed by atoms with E-state index in [9.17, 15) is 22.5 Å². The monoisotopic (exact) mass is 507 g/mol. The number of alkyl halides is 5. The number of anilines is 1. The number of para-hydroxylation sites is 1. The van der Waals surface area contributed by atoms with Gasteiger partial charge in [0, 0.05) is 21.3 Å². The topological polar surface area (TPSA) is 64.6 Å². The Morgan fingerprint density at radius 3 is 2.15 bits per heavy atom. The predicted octanol–water partition coefficient (Wildman–Crippen LogP) is 7.49. The van der Waals surface area contributed by atoms with Crippen LogP contribution in [0.5, 0.6) is 0 Å². The molecule has 0 bridgehead atoms. The van der Waals surface area contributed by atoms with Crippen LogP contribution in [-0.2, 0) is 25.5 Å². The van der Waals surface area contributed by atoms with Crippen molar-refractivity contribution >= 4 is 40.6 Å². The van der Waals surface area contributed by atoms with Crippen LogP contribution in [0.25, 0.3) is 10.1 Å². The Morgan fingerprint density at radius 2 is 1.61 bits per heavy atom. The normalized spacial score (nSPS) is 12.8. The molecule has 2 aromatic carbocycles. The van der Waals surface area contributed by atoms with E-state index in [1.165, 1.54) is 19.9 Å². The maximum atomic E-state index is 15.3. The lowest BCUT2D eigenvalue weighted by Gasteiger charge is -2.26. The lowest BCUT2D eigenvalue weighted by molar-refractivity contribution is -0.138. The summed E-state index contributed by atoms with van der Waals surface area (Å²) in [5, 5.41) is 1.92. The standard InChI is InChI=1S/C21H19F5NO4PS/c1-3-30-32(29,31-4-2)21(25,26)18-17(20(22,23)24)15-12-13(10-11-16(15)33-18)19(28)27-14-8-6-5-7-9-14/h5-12H,3-4H2,1-2H3,(H,27,28). The van der Waals surface area contributed by atoms with E-state index >= 15 is 8.78 Å². The van der Waals surface area contributed by atoms with Gasteiger partial charge in [-0.1, -0.05) is 18.2 Å². The first kappa shape index (κ1) is 25.3. The fraction of sp³-hybridized carbons (Fsp3) is 0.286. The minimum absolute atomic E-state index is 0.127. The number of benzene rings is 2. The number of fused-ring (bicyclic) bond motifs is 1. The molecule has 0 aliphatic carbocycles. The van der Waals surface area contributed by atoms with Gasteiger partial charge >= 0.3 is 19.4 Å². The number of amides is 1. The molecule has 0 atom stereocenters. The number of halogens is 5. The fourth-order valence-corrected chi connectivity index (χ4v) is 6.11. The maximum Gasteiger partial charge on any atom is 0.418 e. The molecule has 0 aliphatic rings. The quantitative estimate of drug-likeness (QED) is 0.254. The van der Waals surface area contributed by atoms with E-state index in [1.807, 2.05) is 0 Å². The Bertz CT molecular complexity index is 1190. The van der Waals surface area contributed by atoms with E-state index in [0.717, 1.165) is 12.1 Å². The molecule has 1 aromatic heterocycles. The molecule has 0 spiro atoms. The van der Waals surface area contributed by atoms with Crippen molar-refractivity contribution in [2.45, 2.75) is 25.7 Å². The first-order valence-corrected chi connectivity index (χ1v) is 12.1. The Balaban J connectivity index is 2.16. The Kier molecular flexibility index (Phi) is 7.28. The van der Waals surface area contributed by atoms with Crippen LogP contribution in [0.1, 0.15) is 34.6 Å². The summed E-state index contributed by atoms with van der Waals surface area (Å²) in [5.74, 6) is -0.718. The number of thiophene rings is 1. The highest BCUT2D eigenvalue weighted by molar-refractivity contribution is 7.55. The molecule has 5 nitrogen and oxygen atoms in total. The third-order valence-electron chi connectivity index (χ3n) is 4.48. The van der Waals surface area contributed by atoms with Crippen molar-refractivity contribution in [3.8, 4) is 0 Å². The van der Waals surface area contributed by atoms with Gasteiger partial charge in [-0.25, -0.2) is 0 Å². The summed E-state index contributed by atoms with van der Waals surface area (Å²) in [6.07, 6.45) is -5.23. The molecule has 3 aromatic rings.